The van der Waals surface area contributed by atoms with Crippen molar-refractivity contribution in [2.75, 3.05) is 26.3 Å². The summed E-state index contributed by atoms with van der Waals surface area (Å²) < 4.78 is 5.81. The van der Waals surface area contributed by atoms with Gasteiger partial charge in [-0.3, -0.25) is 0 Å². The fourth-order valence-corrected chi connectivity index (χ4v) is 4.09. The molecule has 154 valence electrons. The van der Waals surface area contributed by atoms with Crippen molar-refractivity contribution in [3.05, 3.63) is 35.4 Å². The third kappa shape index (κ3) is 10.9. The van der Waals surface area contributed by atoms with Gasteiger partial charge in [-0.2, -0.15) is 0 Å². The van der Waals surface area contributed by atoms with Crippen LogP contribution < -0.4 is 5.32 Å². The Morgan fingerprint density at radius 2 is 1.52 bits per heavy atom. The lowest BCUT2D eigenvalue weighted by molar-refractivity contribution is 0.125. The van der Waals surface area contributed by atoms with Crippen LogP contribution >= 0.6 is 0 Å². The van der Waals surface area contributed by atoms with Gasteiger partial charge in [-0.25, -0.2) is 0 Å². The smallest absolute Gasteiger partial charge is 0.0466 e. The van der Waals surface area contributed by atoms with Crippen molar-refractivity contribution in [1.29, 1.82) is 0 Å². The summed E-state index contributed by atoms with van der Waals surface area (Å²) in [6.45, 7) is 6.63. The normalized spacial score (nSPS) is 17.3. The highest BCUT2D eigenvalue weighted by atomic mass is 16.5. The Bertz CT molecular complexity index is 450. The zero-order valence-corrected chi connectivity index (χ0v) is 17.8. The highest BCUT2D eigenvalue weighted by molar-refractivity contribution is 5.22. The third-order valence-corrected chi connectivity index (χ3v) is 5.99. The molecule has 1 heterocycles. The number of piperidine rings is 1. The summed E-state index contributed by atoms with van der Waals surface area (Å²) in [5.41, 5.74) is 2.93. The van der Waals surface area contributed by atoms with Crippen molar-refractivity contribution in [2.24, 2.45) is 5.92 Å². The fourth-order valence-electron chi connectivity index (χ4n) is 4.09. The van der Waals surface area contributed by atoms with Gasteiger partial charge in [0.15, 0.2) is 0 Å². The molecule has 1 saturated heterocycles. The molecule has 0 amide bonds. The van der Waals surface area contributed by atoms with E-state index in [0.717, 1.165) is 25.6 Å². The molecule has 0 saturated carbocycles. The molecule has 1 aromatic rings. The van der Waals surface area contributed by atoms with Gasteiger partial charge >= 0.3 is 0 Å². The van der Waals surface area contributed by atoms with Gasteiger partial charge in [-0.1, -0.05) is 63.3 Å². The second kappa shape index (κ2) is 15.1. The van der Waals surface area contributed by atoms with Crippen LogP contribution in [0.15, 0.2) is 24.3 Å². The lowest BCUT2D eigenvalue weighted by Crippen LogP contribution is -2.29. The molecule has 1 atom stereocenters. The second-order valence-corrected chi connectivity index (χ2v) is 8.36. The van der Waals surface area contributed by atoms with E-state index in [-0.39, 0.29) is 0 Å². The minimum Gasteiger partial charge on any atom is -0.381 e. The molecule has 27 heavy (non-hydrogen) atoms. The van der Waals surface area contributed by atoms with Crippen LogP contribution in [-0.2, 0) is 17.6 Å². The van der Waals surface area contributed by atoms with Gasteiger partial charge in [0, 0.05) is 13.2 Å². The Kier molecular flexibility index (Phi) is 12.6. The molecule has 0 bridgehead atoms. The van der Waals surface area contributed by atoms with E-state index in [2.05, 4.69) is 36.5 Å². The van der Waals surface area contributed by atoms with Gasteiger partial charge < -0.3 is 10.1 Å². The predicted molar refractivity (Wildman–Crippen MR) is 117 cm³/mol. The van der Waals surface area contributed by atoms with E-state index in [0.29, 0.717) is 0 Å². The van der Waals surface area contributed by atoms with Crippen LogP contribution in [0.4, 0.5) is 0 Å². The molecule has 0 aromatic heterocycles. The predicted octanol–water partition coefficient (Wildman–Crippen LogP) is 6.32. The van der Waals surface area contributed by atoms with Crippen molar-refractivity contribution in [3.63, 3.8) is 0 Å². The monoisotopic (exact) mass is 373 g/mol. The molecule has 2 rings (SSSR count). The number of hydrogen-bond acceptors (Lipinski definition) is 2. The highest BCUT2D eigenvalue weighted by Gasteiger charge is 2.11. The van der Waals surface area contributed by atoms with Crippen molar-refractivity contribution >= 4 is 0 Å². The maximum Gasteiger partial charge on any atom is 0.0466 e. The van der Waals surface area contributed by atoms with Crippen LogP contribution in [0.5, 0.6) is 0 Å². The Morgan fingerprint density at radius 1 is 0.852 bits per heavy atom. The lowest BCUT2D eigenvalue weighted by atomic mass is 9.93. The average Bonchev–Trinajstić information content (AvgIpc) is 2.72. The van der Waals surface area contributed by atoms with Crippen molar-refractivity contribution in [2.45, 2.75) is 90.4 Å². The maximum atomic E-state index is 5.81. The van der Waals surface area contributed by atoms with Crippen molar-refractivity contribution in [1.82, 2.24) is 5.32 Å². The standard InChI is InChI=1S/C25H43NO/c1-2-23-15-17-24(18-16-23)12-7-3-5-9-20-27-21-10-6-4-8-13-25-14-11-19-26-22-25/h15-18,25-26H,2-14,19-22H2,1H3. The van der Waals surface area contributed by atoms with Gasteiger partial charge in [0.05, 0.1) is 0 Å². The second-order valence-electron chi connectivity index (χ2n) is 8.36. The van der Waals surface area contributed by atoms with Crippen LogP contribution in [0.25, 0.3) is 0 Å². The number of aryl methyl sites for hydroxylation is 2. The van der Waals surface area contributed by atoms with Gasteiger partial charge in [0.1, 0.15) is 0 Å². The van der Waals surface area contributed by atoms with Gasteiger partial charge in [-0.15, -0.1) is 0 Å². The van der Waals surface area contributed by atoms with Crippen LogP contribution in [0, 0.1) is 5.92 Å². The zero-order valence-electron chi connectivity index (χ0n) is 17.8. The summed E-state index contributed by atoms with van der Waals surface area (Å²) in [7, 11) is 0. The van der Waals surface area contributed by atoms with E-state index in [1.165, 1.54) is 101 Å². The summed E-state index contributed by atoms with van der Waals surface area (Å²) in [6.07, 6.45) is 17.2. The Morgan fingerprint density at radius 3 is 2.19 bits per heavy atom. The Hall–Kier alpha value is -0.860. The minimum atomic E-state index is 0.950. The number of unbranched alkanes of at least 4 members (excludes halogenated alkanes) is 6. The number of ether oxygens (including phenoxy) is 1. The Labute approximate surface area is 168 Å². The molecule has 2 heteroatoms. The van der Waals surface area contributed by atoms with E-state index >= 15 is 0 Å². The van der Waals surface area contributed by atoms with E-state index in [1.807, 2.05) is 0 Å². The summed E-state index contributed by atoms with van der Waals surface area (Å²) in [4.78, 5) is 0. The van der Waals surface area contributed by atoms with E-state index in [1.54, 1.807) is 0 Å². The molecule has 0 radical (unpaired) electrons. The van der Waals surface area contributed by atoms with Gasteiger partial charge in [0.2, 0.25) is 0 Å². The number of hydrogen-bond donors (Lipinski definition) is 1. The molecule has 1 N–H and O–H groups in total. The maximum absolute atomic E-state index is 5.81. The summed E-state index contributed by atoms with van der Waals surface area (Å²) >= 11 is 0. The molecular formula is C25H43NO. The zero-order chi connectivity index (χ0) is 19.0. The first kappa shape index (κ1) is 22.4. The summed E-state index contributed by atoms with van der Waals surface area (Å²) in [6, 6.07) is 9.15. The van der Waals surface area contributed by atoms with Crippen LogP contribution in [0.2, 0.25) is 0 Å². The van der Waals surface area contributed by atoms with Crippen LogP contribution in [-0.4, -0.2) is 26.3 Å². The number of rotatable bonds is 15. The van der Waals surface area contributed by atoms with E-state index < -0.39 is 0 Å². The quantitative estimate of drug-likeness (QED) is 0.363. The van der Waals surface area contributed by atoms with Crippen molar-refractivity contribution < 1.29 is 4.74 Å². The molecular weight excluding hydrogens is 330 g/mol. The number of nitrogens with one attached hydrogen (secondary N) is 1. The molecule has 0 spiro atoms. The largest absolute Gasteiger partial charge is 0.381 e. The lowest BCUT2D eigenvalue weighted by Gasteiger charge is -2.22. The molecule has 1 aliphatic heterocycles. The highest BCUT2D eigenvalue weighted by Crippen LogP contribution is 2.18. The molecule has 1 unspecified atom stereocenters. The topological polar surface area (TPSA) is 21.3 Å². The minimum absolute atomic E-state index is 0.950. The van der Waals surface area contributed by atoms with E-state index in [9.17, 15) is 0 Å². The van der Waals surface area contributed by atoms with Crippen LogP contribution in [0.3, 0.4) is 0 Å². The first-order chi connectivity index (χ1) is 13.4. The first-order valence-electron chi connectivity index (χ1n) is 11.7. The summed E-state index contributed by atoms with van der Waals surface area (Å²) in [5.74, 6) is 0.950. The molecule has 1 aromatic carbocycles. The van der Waals surface area contributed by atoms with Crippen molar-refractivity contribution in [3.8, 4) is 0 Å². The van der Waals surface area contributed by atoms with Crippen LogP contribution in [0.1, 0.15) is 88.7 Å². The van der Waals surface area contributed by atoms with E-state index in [4.69, 9.17) is 4.74 Å². The third-order valence-electron chi connectivity index (χ3n) is 5.99. The molecule has 1 aliphatic rings. The number of benzene rings is 1. The molecule has 2 nitrogen and oxygen atoms in total. The Balaban J connectivity index is 1.29. The van der Waals surface area contributed by atoms with Gasteiger partial charge in [0.25, 0.3) is 0 Å². The SMILES string of the molecule is CCc1ccc(CCCCCCOCCCCCCC2CCCNC2)cc1. The van der Waals surface area contributed by atoms with Gasteiger partial charge in [-0.05, 0) is 81.5 Å². The average molecular weight is 374 g/mol. The summed E-state index contributed by atoms with van der Waals surface area (Å²) in [5, 5.41) is 3.52. The fraction of sp³-hybridized carbons (Fsp3) is 0.760. The molecule has 1 fully saturated rings. The first-order valence-corrected chi connectivity index (χ1v) is 11.7. The molecule has 0 aliphatic carbocycles.